The quantitative estimate of drug-likeness (QED) is 0.796. The predicted octanol–water partition coefficient (Wildman–Crippen LogP) is 3.19. The molecule has 4 rings (SSSR count). The first-order valence-electron chi connectivity index (χ1n) is 7.81. The number of hydrogen-bond acceptors (Lipinski definition) is 4. The number of thiophene rings is 1. The second kappa shape index (κ2) is 6.24. The van der Waals surface area contributed by atoms with Crippen LogP contribution in [0.15, 0.2) is 41.8 Å². The molecule has 1 aromatic heterocycles. The third kappa shape index (κ3) is 3.15. The minimum Gasteiger partial charge on any atom is -0.339 e. The summed E-state index contributed by atoms with van der Waals surface area (Å²) in [5.41, 5.74) is 7.51. The first-order chi connectivity index (χ1) is 11.2. The standard InChI is InChI=1S/C17H18ClN3OS/c18-13-5-2-1-4-10(13)11-8-12(11)17(22)19-16-9-14(20-21-16)15-6-3-7-23-15/h1-7,11-12,14,16,20-21H,8-9H2,(H,19,22). The summed E-state index contributed by atoms with van der Waals surface area (Å²) in [6.45, 7) is 0. The van der Waals surface area contributed by atoms with Crippen LogP contribution >= 0.6 is 22.9 Å². The molecule has 2 fully saturated rings. The van der Waals surface area contributed by atoms with Gasteiger partial charge in [0.15, 0.2) is 0 Å². The Hall–Kier alpha value is -1.40. The van der Waals surface area contributed by atoms with Crippen molar-refractivity contribution in [3.05, 3.63) is 57.2 Å². The topological polar surface area (TPSA) is 53.2 Å². The molecule has 1 aliphatic carbocycles. The monoisotopic (exact) mass is 347 g/mol. The first-order valence-corrected chi connectivity index (χ1v) is 9.07. The molecular weight excluding hydrogens is 330 g/mol. The van der Waals surface area contributed by atoms with Gasteiger partial charge in [-0.25, -0.2) is 10.9 Å². The largest absolute Gasteiger partial charge is 0.339 e. The zero-order valence-corrected chi connectivity index (χ0v) is 14.0. The van der Waals surface area contributed by atoms with Crippen LogP contribution in [-0.4, -0.2) is 12.1 Å². The number of hydrogen-bond donors (Lipinski definition) is 3. The SMILES string of the molecule is O=C(NC1CC(c2cccs2)NN1)C1CC1c1ccccc1Cl. The Morgan fingerprint density at radius 1 is 1.17 bits per heavy atom. The van der Waals surface area contributed by atoms with Gasteiger partial charge in [0, 0.05) is 22.2 Å². The Morgan fingerprint density at radius 2 is 2.04 bits per heavy atom. The Kier molecular flexibility index (Phi) is 4.11. The molecular formula is C17H18ClN3OS. The Labute approximate surface area is 144 Å². The second-order valence-electron chi connectivity index (χ2n) is 6.12. The molecule has 23 heavy (non-hydrogen) atoms. The molecule has 2 aromatic rings. The van der Waals surface area contributed by atoms with Gasteiger partial charge in [-0.3, -0.25) is 4.79 Å². The molecule has 4 nitrogen and oxygen atoms in total. The smallest absolute Gasteiger partial charge is 0.225 e. The highest BCUT2D eigenvalue weighted by Crippen LogP contribution is 2.49. The molecule has 1 amide bonds. The molecule has 1 saturated heterocycles. The molecule has 2 aliphatic rings. The summed E-state index contributed by atoms with van der Waals surface area (Å²) < 4.78 is 0. The lowest BCUT2D eigenvalue weighted by Crippen LogP contribution is -2.44. The van der Waals surface area contributed by atoms with Gasteiger partial charge in [0.2, 0.25) is 5.91 Å². The summed E-state index contributed by atoms with van der Waals surface area (Å²) in [5, 5.41) is 5.93. The van der Waals surface area contributed by atoms with Crippen LogP contribution in [0.2, 0.25) is 5.02 Å². The molecule has 3 N–H and O–H groups in total. The van der Waals surface area contributed by atoms with Crippen LogP contribution in [-0.2, 0) is 4.79 Å². The average Bonchev–Trinajstić information content (AvgIpc) is 2.96. The fourth-order valence-electron chi connectivity index (χ4n) is 3.21. The molecule has 6 heteroatoms. The van der Waals surface area contributed by atoms with E-state index < -0.39 is 0 Å². The van der Waals surface area contributed by atoms with Crippen molar-refractivity contribution in [1.82, 2.24) is 16.2 Å². The summed E-state index contributed by atoms with van der Waals surface area (Å²) in [4.78, 5) is 13.7. The molecule has 120 valence electrons. The van der Waals surface area contributed by atoms with E-state index in [1.54, 1.807) is 11.3 Å². The number of hydrazine groups is 1. The van der Waals surface area contributed by atoms with Gasteiger partial charge in [-0.05, 0) is 35.4 Å². The van der Waals surface area contributed by atoms with Crippen LogP contribution < -0.4 is 16.2 Å². The van der Waals surface area contributed by atoms with E-state index in [-0.39, 0.29) is 30.0 Å². The van der Waals surface area contributed by atoms with Crippen LogP contribution in [0, 0.1) is 5.92 Å². The third-order valence-electron chi connectivity index (χ3n) is 4.54. The van der Waals surface area contributed by atoms with Gasteiger partial charge in [-0.15, -0.1) is 11.3 Å². The van der Waals surface area contributed by atoms with Crippen LogP contribution in [0.3, 0.4) is 0 Å². The highest BCUT2D eigenvalue weighted by molar-refractivity contribution is 7.10. The Balaban J connectivity index is 1.33. The maximum absolute atomic E-state index is 12.4. The molecule has 1 aliphatic heterocycles. The third-order valence-corrected chi connectivity index (χ3v) is 5.87. The lowest BCUT2D eigenvalue weighted by atomic mass is 10.1. The molecule has 0 bridgehead atoms. The van der Waals surface area contributed by atoms with Gasteiger partial charge >= 0.3 is 0 Å². The molecule has 1 aromatic carbocycles. The van der Waals surface area contributed by atoms with E-state index in [9.17, 15) is 4.79 Å². The fraction of sp³-hybridized carbons (Fsp3) is 0.353. The maximum Gasteiger partial charge on any atom is 0.225 e. The van der Waals surface area contributed by atoms with E-state index in [1.807, 2.05) is 30.3 Å². The van der Waals surface area contributed by atoms with Crippen LogP contribution in [0.1, 0.15) is 35.2 Å². The van der Waals surface area contributed by atoms with Crippen molar-refractivity contribution in [1.29, 1.82) is 0 Å². The van der Waals surface area contributed by atoms with Crippen LogP contribution in [0.4, 0.5) is 0 Å². The average molecular weight is 348 g/mol. The summed E-state index contributed by atoms with van der Waals surface area (Å²) in [6, 6.07) is 12.2. The van der Waals surface area contributed by atoms with Crippen molar-refractivity contribution >= 4 is 28.8 Å². The number of nitrogens with one attached hydrogen (secondary N) is 3. The van der Waals surface area contributed by atoms with Gasteiger partial charge in [0.05, 0.1) is 12.2 Å². The maximum atomic E-state index is 12.4. The summed E-state index contributed by atoms with van der Waals surface area (Å²) in [7, 11) is 0. The number of carbonyl (C=O) groups is 1. The lowest BCUT2D eigenvalue weighted by Gasteiger charge is -2.12. The summed E-state index contributed by atoms with van der Waals surface area (Å²) in [6.07, 6.45) is 1.71. The van der Waals surface area contributed by atoms with Crippen molar-refractivity contribution in [2.24, 2.45) is 5.92 Å². The van der Waals surface area contributed by atoms with Crippen molar-refractivity contribution in [2.75, 3.05) is 0 Å². The van der Waals surface area contributed by atoms with E-state index in [4.69, 9.17) is 11.6 Å². The highest BCUT2D eigenvalue weighted by Gasteiger charge is 2.45. The first kappa shape index (κ1) is 15.1. The molecule has 4 unspecified atom stereocenters. The van der Waals surface area contributed by atoms with E-state index in [2.05, 4.69) is 27.6 Å². The van der Waals surface area contributed by atoms with Gasteiger partial charge in [-0.1, -0.05) is 35.9 Å². The second-order valence-corrected chi connectivity index (χ2v) is 7.51. The fourth-order valence-corrected chi connectivity index (χ4v) is 4.28. The lowest BCUT2D eigenvalue weighted by molar-refractivity contribution is -0.123. The van der Waals surface area contributed by atoms with Crippen molar-refractivity contribution < 1.29 is 4.79 Å². The van der Waals surface area contributed by atoms with Crippen molar-refractivity contribution in [2.45, 2.75) is 31.0 Å². The Morgan fingerprint density at radius 3 is 2.83 bits per heavy atom. The van der Waals surface area contributed by atoms with Gasteiger partial charge in [0.1, 0.15) is 0 Å². The Bertz CT molecular complexity index is 706. The number of halogens is 1. The van der Waals surface area contributed by atoms with E-state index in [0.29, 0.717) is 0 Å². The number of amides is 1. The minimum absolute atomic E-state index is 0.0258. The molecule has 0 radical (unpaired) electrons. The van der Waals surface area contributed by atoms with Gasteiger partial charge in [-0.2, -0.15) is 0 Å². The van der Waals surface area contributed by atoms with Crippen LogP contribution in [0.25, 0.3) is 0 Å². The molecule has 0 spiro atoms. The number of carbonyl (C=O) groups excluding carboxylic acids is 1. The van der Waals surface area contributed by atoms with E-state index >= 15 is 0 Å². The minimum atomic E-state index is -0.0258. The number of rotatable bonds is 4. The van der Waals surface area contributed by atoms with Crippen molar-refractivity contribution in [3.63, 3.8) is 0 Å². The summed E-state index contributed by atoms with van der Waals surface area (Å²) in [5.74, 6) is 0.407. The van der Waals surface area contributed by atoms with E-state index in [0.717, 1.165) is 23.4 Å². The van der Waals surface area contributed by atoms with Gasteiger partial charge in [0.25, 0.3) is 0 Å². The van der Waals surface area contributed by atoms with Crippen LogP contribution in [0.5, 0.6) is 0 Å². The highest BCUT2D eigenvalue weighted by atomic mass is 35.5. The van der Waals surface area contributed by atoms with Gasteiger partial charge < -0.3 is 5.32 Å². The zero-order chi connectivity index (χ0) is 15.8. The summed E-state index contributed by atoms with van der Waals surface area (Å²) >= 11 is 7.95. The van der Waals surface area contributed by atoms with E-state index in [1.165, 1.54) is 4.88 Å². The normalized spacial score (nSPS) is 29.4. The number of benzene rings is 1. The van der Waals surface area contributed by atoms with Crippen molar-refractivity contribution in [3.8, 4) is 0 Å². The predicted molar refractivity (Wildman–Crippen MR) is 92.2 cm³/mol. The molecule has 2 heterocycles. The zero-order valence-electron chi connectivity index (χ0n) is 12.5. The molecule has 4 atom stereocenters. The molecule has 1 saturated carbocycles.